The smallest absolute Gasteiger partial charge is 0.251 e. The molecule has 0 aliphatic carbocycles. The molecule has 24 heavy (non-hydrogen) atoms. The first-order valence-corrected chi connectivity index (χ1v) is 8.13. The number of rotatable bonds is 5. The zero-order valence-corrected chi connectivity index (χ0v) is 14.0. The summed E-state index contributed by atoms with van der Waals surface area (Å²) in [5.41, 5.74) is 2.35. The molecule has 6 nitrogen and oxygen atoms in total. The summed E-state index contributed by atoms with van der Waals surface area (Å²) in [5.74, 6) is 0.719. The zero-order valence-electron chi connectivity index (χ0n) is 14.0. The normalized spacial score (nSPS) is 16.8. The molecule has 1 N–H and O–H groups in total. The number of carbonyl (C=O) groups is 1. The Kier molecular flexibility index (Phi) is 5.05. The Morgan fingerprint density at radius 3 is 2.75 bits per heavy atom. The van der Waals surface area contributed by atoms with Crippen LogP contribution in [0.4, 0.5) is 5.82 Å². The molecule has 1 fully saturated rings. The number of hydrogen-bond acceptors (Lipinski definition) is 5. The topological polar surface area (TPSA) is 67.4 Å². The molecule has 1 atom stereocenters. The molecule has 2 aromatic rings. The van der Waals surface area contributed by atoms with Crippen molar-refractivity contribution in [3.05, 3.63) is 42.2 Å². The first-order valence-electron chi connectivity index (χ1n) is 8.13. The van der Waals surface area contributed by atoms with Crippen molar-refractivity contribution in [2.45, 2.75) is 18.9 Å². The van der Waals surface area contributed by atoms with E-state index in [4.69, 9.17) is 4.74 Å². The molecule has 1 saturated heterocycles. The van der Waals surface area contributed by atoms with Crippen LogP contribution in [0.15, 0.2) is 36.7 Å². The van der Waals surface area contributed by atoms with Gasteiger partial charge in [-0.05, 0) is 25.0 Å². The van der Waals surface area contributed by atoms with Gasteiger partial charge in [0, 0.05) is 38.4 Å². The summed E-state index contributed by atoms with van der Waals surface area (Å²) in [6.07, 6.45) is 5.68. The molecule has 1 aromatic carbocycles. The van der Waals surface area contributed by atoms with Crippen molar-refractivity contribution in [1.29, 1.82) is 0 Å². The molecule has 2 heterocycles. The van der Waals surface area contributed by atoms with Gasteiger partial charge in [0.25, 0.3) is 5.91 Å². The molecule has 126 valence electrons. The highest BCUT2D eigenvalue weighted by Crippen LogP contribution is 2.19. The third kappa shape index (κ3) is 3.89. The van der Waals surface area contributed by atoms with E-state index in [2.05, 4.69) is 15.3 Å². The number of benzene rings is 1. The van der Waals surface area contributed by atoms with E-state index in [1.54, 1.807) is 12.4 Å². The van der Waals surface area contributed by atoms with Crippen molar-refractivity contribution in [3.8, 4) is 11.3 Å². The molecule has 0 bridgehead atoms. The Bertz CT molecular complexity index is 694. The first-order chi connectivity index (χ1) is 11.6. The quantitative estimate of drug-likeness (QED) is 0.911. The van der Waals surface area contributed by atoms with Crippen molar-refractivity contribution in [2.75, 3.05) is 32.1 Å². The van der Waals surface area contributed by atoms with Gasteiger partial charge in [-0.1, -0.05) is 12.1 Å². The van der Waals surface area contributed by atoms with Crippen molar-refractivity contribution < 1.29 is 9.53 Å². The van der Waals surface area contributed by atoms with Crippen LogP contribution in [0, 0.1) is 0 Å². The van der Waals surface area contributed by atoms with Gasteiger partial charge in [-0.25, -0.2) is 4.98 Å². The Labute approximate surface area is 141 Å². The predicted molar refractivity (Wildman–Crippen MR) is 93.1 cm³/mol. The summed E-state index contributed by atoms with van der Waals surface area (Å²) in [4.78, 5) is 22.9. The monoisotopic (exact) mass is 326 g/mol. The van der Waals surface area contributed by atoms with Crippen LogP contribution in [0.5, 0.6) is 0 Å². The summed E-state index contributed by atoms with van der Waals surface area (Å²) in [5, 5.41) is 2.93. The van der Waals surface area contributed by atoms with E-state index in [0.717, 1.165) is 36.5 Å². The van der Waals surface area contributed by atoms with Crippen LogP contribution in [-0.4, -0.2) is 49.2 Å². The van der Waals surface area contributed by atoms with Gasteiger partial charge >= 0.3 is 0 Å². The van der Waals surface area contributed by atoms with Crippen LogP contribution < -0.4 is 10.2 Å². The molecular weight excluding hydrogens is 304 g/mol. The molecule has 1 unspecified atom stereocenters. The second kappa shape index (κ2) is 7.40. The molecule has 0 radical (unpaired) electrons. The Balaban J connectivity index is 1.66. The summed E-state index contributed by atoms with van der Waals surface area (Å²) in [6, 6.07) is 7.41. The maximum atomic E-state index is 12.2. The minimum absolute atomic E-state index is 0.0785. The summed E-state index contributed by atoms with van der Waals surface area (Å²) >= 11 is 0. The fraction of sp³-hybridized carbons (Fsp3) is 0.389. The van der Waals surface area contributed by atoms with Crippen LogP contribution in [0.3, 0.4) is 0 Å². The van der Waals surface area contributed by atoms with Gasteiger partial charge in [0.05, 0.1) is 24.2 Å². The van der Waals surface area contributed by atoms with E-state index >= 15 is 0 Å². The number of nitrogens with zero attached hydrogens (tertiary/aromatic N) is 3. The van der Waals surface area contributed by atoms with Crippen LogP contribution in [0.2, 0.25) is 0 Å². The largest absolute Gasteiger partial charge is 0.376 e. The SMILES string of the molecule is CN(C)c1cncc(-c2ccc(C(=O)NCC3CCCO3)cc2)n1. The lowest BCUT2D eigenvalue weighted by Crippen LogP contribution is -2.31. The minimum Gasteiger partial charge on any atom is -0.376 e. The Morgan fingerprint density at radius 1 is 1.29 bits per heavy atom. The summed E-state index contributed by atoms with van der Waals surface area (Å²) < 4.78 is 5.51. The molecule has 1 aliphatic rings. The average Bonchev–Trinajstić information content (AvgIpc) is 3.13. The van der Waals surface area contributed by atoms with Crippen molar-refractivity contribution in [1.82, 2.24) is 15.3 Å². The molecule has 6 heteroatoms. The van der Waals surface area contributed by atoms with Crippen LogP contribution in [0.25, 0.3) is 11.3 Å². The molecule has 1 amide bonds. The van der Waals surface area contributed by atoms with Gasteiger partial charge in [0.2, 0.25) is 0 Å². The van der Waals surface area contributed by atoms with E-state index in [1.807, 2.05) is 43.3 Å². The van der Waals surface area contributed by atoms with E-state index in [-0.39, 0.29) is 12.0 Å². The molecule has 3 rings (SSSR count). The van der Waals surface area contributed by atoms with Gasteiger partial charge in [0.1, 0.15) is 5.82 Å². The fourth-order valence-electron chi connectivity index (χ4n) is 2.62. The van der Waals surface area contributed by atoms with Gasteiger partial charge in [-0.3, -0.25) is 9.78 Å². The summed E-state index contributed by atoms with van der Waals surface area (Å²) in [6.45, 7) is 1.36. The second-order valence-electron chi connectivity index (χ2n) is 6.08. The number of aromatic nitrogens is 2. The zero-order chi connectivity index (χ0) is 16.9. The summed E-state index contributed by atoms with van der Waals surface area (Å²) in [7, 11) is 3.85. The van der Waals surface area contributed by atoms with Gasteiger partial charge < -0.3 is 15.0 Å². The van der Waals surface area contributed by atoms with E-state index in [1.165, 1.54) is 0 Å². The fourth-order valence-corrected chi connectivity index (χ4v) is 2.62. The maximum Gasteiger partial charge on any atom is 0.251 e. The van der Waals surface area contributed by atoms with E-state index in [9.17, 15) is 4.79 Å². The molecule has 1 aliphatic heterocycles. The lowest BCUT2D eigenvalue weighted by molar-refractivity contribution is 0.0858. The molecule has 0 saturated carbocycles. The number of ether oxygens (including phenoxy) is 1. The number of amides is 1. The maximum absolute atomic E-state index is 12.2. The number of carbonyl (C=O) groups excluding carboxylic acids is 1. The third-order valence-corrected chi connectivity index (χ3v) is 4.04. The Hall–Kier alpha value is -2.47. The Morgan fingerprint density at radius 2 is 2.08 bits per heavy atom. The number of hydrogen-bond donors (Lipinski definition) is 1. The lowest BCUT2D eigenvalue weighted by Gasteiger charge is -2.12. The van der Waals surface area contributed by atoms with Crippen LogP contribution in [0.1, 0.15) is 23.2 Å². The van der Waals surface area contributed by atoms with Crippen molar-refractivity contribution in [2.24, 2.45) is 0 Å². The standard InChI is InChI=1S/C18H22N4O2/c1-22(2)17-12-19-11-16(21-17)13-5-7-14(8-6-13)18(23)20-10-15-4-3-9-24-15/h5-8,11-12,15H,3-4,9-10H2,1-2H3,(H,20,23). The van der Waals surface area contributed by atoms with E-state index in [0.29, 0.717) is 12.1 Å². The number of anilines is 1. The highest BCUT2D eigenvalue weighted by molar-refractivity contribution is 5.94. The van der Waals surface area contributed by atoms with Crippen molar-refractivity contribution in [3.63, 3.8) is 0 Å². The van der Waals surface area contributed by atoms with Crippen LogP contribution >= 0.6 is 0 Å². The third-order valence-electron chi connectivity index (χ3n) is 4.04. The minimum atomic E-state index is -0.0785. The average molecular weight is 326 g/mol. The van der Waals surface area contributed by atoms with E-state index < -0.39 is 0 Å². The first kappa shape index (κ1) is 16.4. The molecule has 1 aromatic heterocycles. The lowest BCUT2D eigenvalue weighted by atomic mass is 10.1. The highest BCUT2D eigenvalue weighted by Gasteiger charge is 2.16. The molecule has 0 spiro atoms. The van der Waals surface area contributed by atoms with Crippen molar-refractivity contribution >= 4 is 11.7 Å². The van der Waals surface area contributed by atoms with Gasteiger partial charge in [-0.2, -0.15) is 0 Å². The predicted octanol–water partition coefficient (Wildman–Crippen LogP) is 2.12. The van der Waals surface area contributed by atoms with Gasteiger partial charge in [-0.15, -0.1) is 0 Å². The second-order valence-corrected chi connectivity index (χ2v) is 6.08. The van der Waals surface area contributed by atoms with Gasteiger partial charge in [0.15, 0.2) is 0 Å². The highest BCUT2D eigenvalue weighted by atomic mass is 16.5. The number of nitrogens with one attached hydrogen (secondary N) is 1. The molecular formula is C18H22N4O2. The van der Waals surface area contributed by atoms with Crippen LogP contribution in [-0.2, 0) is 4.74 Å².